The molecule has 6 heteroatoms. The number of morpholine rings is 1. The number of hydrogen-bond donors (Lipinski definition) is 1. The highest BCUT2D eigenvalue weighted by Crippen LogP contribution is 2.27. The number of carbonyl (C=O) groups excluding carboxylic acids is 1. The Kier molecular flexibility index (Phi) is 5.54. The molecule has 2 atom stereocenters. The molecule has 2 amide bonds. The topological polar surface area (TPSA) is 54.5 Å². The van der Waals surface area contributed by atoms with Crippen molar-refractivity contribution in [2.45, 2.75) is 64.5 Å². The fourth-order valence-corrected chi connectivity index (χ4v) is 4.47. The molecule has 1 fully saturated rings. The first-order valence-corrected chi connectivity index (χ1v) is 9.60. The summed E-state index contributed by atoms with van der Waals surface area (Å²) in [4.78, 5) is 20.4. The molecule has 0 bridgehead atoms. The molecule has 1 aromatic rings. The van der Waals surface area contributed by atoms with E-state index in [0.29, 0.717) is 19.7 Å². The number of aromatic nitrogens is 1. The van der Waals surface area contributed by atoms with Crippen LogP contribution in [-0.4, -0.2) is 47.8 Å². The van der Waals surface area contributed by atoms with Gasteiger partial charge in [-0.3, -0.25) is 0 Å². The SMILES string of the molecule is C[C@@H]1[C@@H](C)OCCN1C(=O)NCCCc1nc2c(s1)CCCC2. The molecule has 2 aliphatic rings. The zero-order chi connectivity index (χ0) is 16.2. The first kappa shape index (κ1) is 16.7. The average Bonchev–Trinajstić information content (AvgIpc) is 2.96. The Balaban J connectivity index is 1.41. The van der Waals surface area contributed by atoms with Gasteiger partial charge in [0.2, 0.25) is 0 Å². The predicted octanol–water partition coefficient (Wildman–Crippen LogP) is 2.77. The minimum absolute atomic E-state index is 0.0334. The maximum absolute atomic E-state index is 12.3. The van der Waals surface area contributed by atoms with Crippen molar-refractivity contribution in [2.24, 2.45) is 0 Å². The number of amides is 2. The van der Waals surface area contributed by atoms with Gasteiger partial charge in [-0.25, -0.2) is 9.78 Å². The molecular weight excluding hydrogens is 310 g/mol. The summed E-state index contributed by atoms with van der Waals surface area (Å²) in [5.41, 5.74) is 1.33. The third-order valence-electron chi connectivity index (χ3n) is 4.88. The van der Waals surface area contributed by atoms with E-state index in [0.717, 1.165) is 19.3 Å². The molecule has 1 aromatic heterocycles. The fraction of sp³-hybridized carbons (Fsp3) is 0.765. The Hall–Kier alpha value is -1.14. The molecule has 0 aromatic carbocycles. The lowest BCUT2D eigenvalue weighted by Crippen LogP contribution is -2.54. The van der Waals surface area contributed by atoms with Crippen molar-refractivity contribution >= 4 is 17.4 Å². The second-order valence-electron chi connectivity index (χ2n) is 6.53. The summed E-state index contributed by atoms with van der Waals surface area (Å²) in [7, 11) is 0. The van der Waals surface area contributed by atoms with E-state index < -0.39 is 0 Å². The van der Waals surface area contributed by atoms with E-state index >= 15 is 0 Å². The number of carbonyl (C=O) groups is 1. The van der Waals surface area contributed by atoms with Gasteiger partial charge >= 0.3 is 6.03 Å². The van der Waals surface area contributed by atoms with E-state index in [2.05, 4.69) is 5.32 Å². The minimum atomic E-state index is 0.0334. The predicted molar refractivity (Wildman–Crippen MR) is 92.1 cm³/mol. The number of ether oxygens (including phenoxy) is 1. The largest absolute Gasteiger partial charge is 0.375 e. The van der Waals surface area contributed by atoms with Crippen molar-refractivity contribution in [3.63, 3.8) is 0 Å². The number of fused-ring (bicyclic) bond motifs is 1. The number of urea groups is 1. The van der Waals surface area contributed by atoms with Gasteiger partial charge in [0.25, 0.3) is 0 Å². The third-order valence-corrected chi connectivity index (χ3v) is 6.10. The molecule has 5 nitrogen and oxygen atoms in total. The molecule has 0 unspecified atom stereocenters. The zero-order valence-corrected chi connectivity index (χ0v) is 15.0. The molecule has 2 heterocycles. The van der Waals surface area contributed by atoms with Crippen LogP contribution < -0.4 is 5.32 Å². The van der Waals surface area contributed by atoms with Gasteiger partial charge < -0.3 is 15.0 Å². The molecule has 1 saturated heterocycles. The van der Waals surface area contributed by atoms with Gasteiger partial charge in [-0.1, -0.05) is 0 Å². The van der Waals surface area contributed by atoms with Gasteiger partial charge in [0, 0.05) is 24.4 Å². The molecule has 1 aliphatic carbocycles. The van der Waals surface area contributed by atoms with Crippen LogP contribution in [0.3, 0.4) is 0 Å². The zero-order valence-electron chi connectivity index (χ0n) is 14.1. The van der Waals surface area contributed by atoms with Crippen molar-refractivity contribution in [3.05, 3.63) is 15.6 Å². The minimum Gasteiger partial charge on any atom is -0.375 e. The lowest BCUT2D eigenvalue weighted by molar-refractivity contribution is -0.0375. The smallest absolute Gasteiger partial charge is 0.317 e. The maximum Gasteiger partial charge on any atom is 0.317 e. The van der Waals surface area contributed by atoms with E-state index in [1.807, 2.05) is 30.1 Å². The summed E-state index contributed by atoms with van der Waals surface area (Å²) in [6, 6.07) is 0.167. The molecule has 0 spiro atoms. The summed E-state index contributed by atoms with van der Waals surface area (Å²) >= 11 is 1.87. The Labute approximate surface area is 142 Å². The summed E-state index contributed by atoms with van der Waals surface area (Å²) < 4.78 is 5.57. The van der Waals surface area contributed by atoms with E-state index in [1.165, 1.54) is 34.8 Å². The average molecular weight is 337 g/mol. The Morgan fingerprint density at radius 1 is 1.39 bits per heavy atom. The molecule has 0 saturated carbocycles. The van der Waals surface area contributed by atoms with Crippen LogP contribution in [0.25, 0.3) is 0 Å². The van der Waals surface area contributed by atoms with Crippen LogP contribution in [0.1, 0.15) is 48.7 Å². The van der Waals surface area contributed by atoms with Crippen LogP contribution in [0.5, 0.6) is 0 Å². The van der Waals surface area contributed by atoms with E-state index in [-0.39, 0.29) is 18.2 Å². The molecule has 1 aliphatic heterocycles. The van der Waals surface area contributed by atoms with Crippen molar-refractivity contribution in [1.29, 1.82) is 0 Å². The van der Waals surface area contributed by atoms with Gasteiger partial charge in [0.05, 0.1) is 29.5 Å². The van der Waals surface area contributed by atoms with Crippen molar-refractivity contribution in [2.75, 3.05) is 19.7 Å². The highest BCUT2D eigenvalue weighted by molar-refractivity contribution is 7.11. The van der Waals surface area contributed by atoms with Gasteiger partial charge in [0.15, 0.2) is 0 Å². The Morgan fingerprint density at radius 2 is 2.22 bits per heavy atom. The van der Waals surface area contributed by atoms with Crippen LogP contribution in [0.15, 0.2) is 0 Å². The normalized spacial score (nSPS) is 24.3. The number of rotatable bonds is 4. The molecule has 128 valence electrons. The van der Waals surface area contributed by atoms with Crippen LogP contribution in [0.4, 0.5) is 4.79 Å². The van der Waals surface area contributed by atoms with Crippen LogP contribution in [0.2, 0.25) is 0 Å². The first-order valence-electron chi connectivity index (χ1n) is 8.78. The monoisotopic (exact) mass is 337 g/mol. The number of nitrogens with one attached hydrogen (secondary N) is 1. The highest BCUT2D eigenvalue weighted by atomic mass is 32.1. The van der Waals surface area contributed by atoms with Crippen LogP contribution >= 0.6 is 11.3 Å². The fourth-order valence-electron chi connectivity index (χ4n) is 3.27. The molecule has 0 radical (unpaired) electrons. The second-order valence-corrected chi connectivity index (χ2v) is 7.70. The van der Waals surface area contributed by atoms with Gasteiger partial charge in [0.1, 0.15) is 0 Å². The number of thiazole rings is 1. The molecule has 3 rings (SSSR count). The standard InChI is InChI=1S/C17H27N3O2S/c1-12-13(2)22-11-10-20(12)17(21)18-9-5-8-16-19-14-6-3-4-7-15(14)23-16/h12-13H,3-11H2,1-2H3,(H,18,21)/t12-,13-/m1/s1. The molecule has 1 N–H and O–H groups in total. The van der Waals surface area contributed by atoms with E-state index in [1.54, 1.807) is 0 Å². The Bertz CT molecular complexity index is 522. The van der Waals surface area contributed by atoms with E-state index in [9.17, 15) is 4.79 Å². The van der Waals surface area contributed by atoms with Gasteiger partial charge in [-0.2, -0.15) is 0 Å². The van der Waals surface area contributed by atoms with E-state index in [4.69, 9.17) is 9.72 Å². The lowest BCUT2D eigenvalue weighted by atomic mass is 10.0. The molecule has 23 heavy (non-hydrogen) atoms. The number of aryl methyl sites for hydroxylation is 3. The lowest BCUT2D eigenvalue weighted by Gasteiger charge is -2.37. The van der Waals surface area contributed by atoms with Crippen molar-refractivity contribution in [1.82, 2.24) is 15.2 Å². The summed E-state index contributed by atoms with van der Waals surface area (Å²) in [5, 5.41) is 4.28. The second kappa shape index (κ2) is 7.62. The highest BCUT2D eigenvalue weighted by Gasteiger charge is 2.28. The number of hydrogen-bond acceptors (Lipinski definition) is 4. The van der Waals surface area contributed by atoms with Crippen LogP contribution in [-0.2, 0) is 24.0 Å². The van der Waals surface area contributed by atoms with Crippen molar-refractivity contribution < 1.29 is 9.53 Å². The quantitative estimate of drug-likeness (QED) is 0.860. The maximum atomic E-state index is 12.3. The number of nitrogens with zero attached hydrogens (tertiary/aromatic N) is 2. The summed E-state index contributed by atoms with van der Waals surface area (Å²) in [5.74, 6) is 0. The third kappa shape index (κ3) is 4.04. The molecular formula is C17H27N3O2S. The summed E-state index contributed by atoms with van der Waals surface area (Å²) in [6.07, 6.45) is 6.96. The first-order chi connectivity index (χ1) is 11.1. The van der Waals surface area contributed by atoms with Gasteiger partial charge in [-0.05, 0) is 46.0 Å². The Morgan fingerprint density at radius 3 is 3.04 bits per heavy atom. The van der Waals surface area contributed by atoms with Crippen molar-refractivity contribution in [3.8, 4) is 0 Å². The van der Waals surface area contributed by atoms with Crippen LogP contribution in [0, 0.1) is 0 Å². The van der Waals surface area contributed by atoms with Gasteiger partial charge in [-0.15, -0.1) is 11.3 Å². The summed E-state index contributed by atoms with van der Waals surface area (Å²) in [6.45, 7) is 6.08.